The van der Waals surface area contributed by atoms with Crippen molar-refractivity contribution < 1.29 is 9.21 Å². The summed E-state index contributed by atoms with van der Waals surface area (Å²) in [5.41, 5.74) is 1.06. The highest BCUT2D eigenvalue weighted by molar-refractivity contribution is 6.33. The molecule has 0 bridgehead atoms. The van der Waals surface area contributed by atoms with Gasteiger partial charge in [-0.3, -0.25) is 4.79 Å². The van der Waals surface area contributed by atoms with E-state index in [0.29, 0.717) is 34.5 Å². The van der Waals surface area contributed by atoms with Crippen LogP contribution in [0.15, 0.2) is 59.5 Å². The molecule has 0 aliphatic heterocycles. The molecule has 1 amide bonds. The summed E-state index contributed by atoms with van der Waals surface area (Å²) in [5.74, 6) is 0.766. The van der Waals surface area contributed by atoms with Crippen molar-refractivity contribution in [3.8, 4) is 0 Å². The molecule has 7 heteroatoms. The molecule has 2 heterocycles. The van der Waals surface area contributed by atoms with Gasteiger partial charge in [0.2, 0.25) is 5.95 Å². The number of para-hydroxylation sites is 1. The second-order valence-corrected chi connectivity index (χ2v) is 5.07. The first-order chi connectivity index (χ1) is 11.2. The molecule has 0 aliphatic carbocycles. The van der Waals surface area contributed by atoms with Gasteiger partial charge in [-0.05, 0) is 24.3 Å². The van der Waals surface area contributed by atoms with Crippen LogP contribution in [0.2, 0.25) is 5.02 Å². The van der Waals surface area contributed by atoms with Crippen molar-refractivity contribution in [2.45, 2.75) is 6.54 Å². The lowest BCUT2D eigenvalue weighted by atomic mass is 10.3. The van der Waals surface area contributed by atoms with Gasteiger partial charge < -0.3 is 15.1 Å². The average molecular weight is 329 g/mol. The van der Waals surface area contributed by atoms with E-state index >= 15 is 0 Å². The molecule has 1 aromatic carbocycles. The molecule has 0 radical (unpaired) electrons. The third kappa shape index (κ3) is 3.87. The first kappa shape index (κ1) is 15.1. The molecule has 3 aromatic rings. The zero-order valence-corrected chi connectivity index (χ0v) is 12.7. The van der Waals surface area contributed by atoms with E-state index in [1.54, 1.807) is 24.5 Å². The van der Waals surface area contributed by atoms with Gasteiger partial charge in [0.05, 0.1) is 29.1 Å². The third-order valence-electron chi connectivity index (χ3n) is 3.04. The van der Waals surface area contributed by atoms with Crippen LogP contribution in [-0.2, 0) is 6.54 Å². The Labute approximate surface area is 137 Å². The number of nitrogens with zero attached hydrogens (tertiary/aromatic N) is 2. The standard InChI is InChI=1S/C16H13ClN4O2/c17-13-5-1-2-6-14(13)21-16-19-8-11(9-20-16)15(22)18-10-12-4-3-7-23-12/h1-9H,10H2,(H,18,22)(H,19,20,21). The molecule has 0 aliphatic rings. The van der Waals surface area contributed by atoms with E-state index in [4.69, 9.17) is 16.0 Å². The number of carbonyl (C=O) groups excluding carboxylic acids is 1. The van der Waals surface area contributed by atoms with Crippen LogP contribution in [0.3, 0.4) is 0 Å². The number of halogens is 1. The minimum Gasteiger partial charge on any atom is -0.467 e. The maximum atomic E-state index is 12.0. The van der Waals surface area contributed by atoms with E-state index < -0.39 is 0 Å². The minimum absolute atomic E-state index is 0.273. The molecule has 6 nitrogen and oxygen atoms in total. The molecule has 0 spiro atoms. The van der Waals surface area contributed by atoms with Crippen molar-refractivity contribution in [1.29, 1.82) is 0 Å². The number of hydrogen-bond acceptors (Lipinski definition) is 5. The Hall–Kier alpha value is -2.86. The molecule has 3 rings (SSSR count). The molecule has 0 saturated carbocycles. The SMILES string of the molecule is O=C(NCc1ccco1)c1cnc(Nc2ccccc2Cl)nc1. The number of furan rings is 1. The van der Waals surface area contributed by atoms with Crippen LogP contribution in [0, 0.1) is 0 Å². The predicted molar refractivity (Wildman–Crippen MR) is 86.6 cm³/mol. The lowest BCUT2D eigenvalue weighted by molar-refractivity contribution is 0.0947. The van der Waals surface area contributed by atoms with Gasteiger partial charge in [0.1, 0.15) is 5.76 Å². The number of nitrogens with one attached hydrogen (secondary N) is 2. The molecule has 2 N–H and O–H groups in total. The van der Waals surface area contributed by atoms with E-state index in [2.05, 4.69) is 20.6 Å². The van der Waals surface area contributed by atoms with Gasteiger partial charge in [-0.1, -0.05) is 23.7 Å². The summed E-state index contributed by atoms with van der Waals surface area (Å²) < 4.78 is 5.15. The van der Waals surface area contributed by atoms with E-state index in [-0.39, 0.29) is 5.91 Å². The van der Waals surface area contributed by atoms with Crippen LogP contribution in [0.5, 0.6) is 0 Å². The van der Waals surface area contributed by atoms with Crippen molar-refractivity contribution in [2.75, 3.05) is 5.32 Å². The Morgan fingerprint density at radius 1 is 1.13 bits per heavy atom. The number of benzene rings is 1. The van der Waals surface area contributed by atoms with Crippen molar-refractivity contribution in [3.05, 3.63) is 71.4 Å². The zero-order chi connectivity index (χ0) is 16.1. The van der Waals surface area contributed by atoms with Crippen LogP contribution < -0.4 is 10.6 Å². The lowest BCUT2D eigenvalue weighted by Gasteiger charge is -2.07. The number of hydrogen-bond donors (Lipinski definition) is 2. The summed E-state index contributed by atoms with van der Waals surface area (Å²) >= 11 is 6.05. The highest BCUT2D eigenvalue weighted by Gasteiger charge is 2.08. The van der Waals surface area contributed by atoms with Crippen molar-refractivity contribution in [1.82, 2.24) is 15.3 Å². The van der Waals surface area contributed by atoms with Gasteiger partial charge in [-0.15, -0.1) is 0 Å². The summed E-state index contributed by atoms with van der Waals surface area (Å²) in [4.78, 5) is 20.2. The van der Waals surface area contributed by atoms with Crippen molar-refractivity contribution in [3.63, 3.8) is 0 Å². The summed E-state index contributed by atoms with van der Waals surface area (Å²) in [7, 11) is 0. The summed E-state index contributed by atoms with van der Waals surface area (Å²) in [6, 6.07) is 10.8. The zero-order valence-electron chi connectivity index (χ0n) is 12.0. The highest BCUT2D eigenvalue weighted by atomic mass is 35.5. The van der Waals surface area contributed by atoms with Crippen molar-refractivity contribution >= 4 is 29.1 Å². The molecule has 0 atom stereocenters. The predicted octanol–water partition coefficient (Wildman–Crippen LogP) is 3.40. The van der Waals surface area contributed by atoms with Gasteiger partial charge in [-0.25, -0.2) is 9.97 Å². The van der Waals surface area contributed by atoms with E-state index in [0.717, 1.165) is 0 Å². The van der Waals surface area contributed by atoms with Gasteiger partial charge in [0.15, 0.2) is 0 Å². The molecular formula is C16H13ClN4O2. The van der Waals surface area contributed by atoms with Crippen LogP contribution in [0.25, 0.3) is 0 Å². The Balaban J connectivity index is 1.62. The fourth-order valence-electron chi connectivity index (χ4n) is 1.88. The summed E-state index contributed by atoms with van der Waals surface area (Å²) in [5, 5.41) is 6.28. The van der Waals surface area contributed by atoms with Crippen LogP contribution in [0.1, 0.15) is 16.1 Å². The van der Waals surface area contributed by atoms with Crippen molar-refractivity contribution in [2.24, 2.45) is 0 Å². The number of aromatic nitrogens is 2. The first-order valence-corrected chi connectivity index (χ1v) is 7.24. The normalized spacial score (nSPS) is 10.3. The fourth-order valence-corrected chi connectivity index (χ4v) is 2.06. The lowest BCUT2D eigenvalue weighted by Crippen LogP contribution is -2.23. The Bertz CT molecular complexity index is 788. The summed E-state index contributed by atoms with van der Waals surface area (Å²) in [6.07, 6.45) is 4.45. The monoisotopic (exact) mass is 328 g/mol. The van der Waals surface area contributed by atoms with E-state index in [1.165, 1.54) is 12.4 Å². The Morgan fingerprint density at radius 3 is 2.61 bits per heavy atom. The Morgan fingerprint density at radius 2 is 1.91 bits per heavy atom. The average Bonchev–Trinajstić information content (AvgIpc) is 3.09. The maximum absolute atomic E-state index is 12.0. The topological polar surface area (TPSA) is 80.0 Å². The molecule has 116 valence electrons. The second-order valence-electron chi connectivity index (χ2n) is 4.66. The van der Waals surface area contributed by atoms with Gasteiger partial charge >= 0.3 is 0 Å². The Kier molecular flexibility index (Phi) is 4.54. The number of carbonyl (C=O) groups is 1. The number of amides is 1. The van der Waals surface area contributed by atoms with E-state index in [1.807, 2.05) is 18.2 Å². The molecule has 0 saturated heterocycles. The number of anilines is 2. The third-order valence-corrected chi connectivity index (χ3v) is 3.37. The molecule has 0 unspecified atom stereocenters. The van der Waals surface area contributed by atoms with Gasteiger partial charge in [0.25, 0.3) is 5.91 Å². The maximum Gasteiger partial charge on any atom is 0.254 e. The van der Waals surface area contributed by atoms with Crippen LogP contribution >= 0.6 is 11.6 Å². The quantitative estimate of drug-likeness (QED) is 0.750. The second kappa shape index (κ2) is 6.93. The molecule has 2 aromatic heterocycles. The van der Waals surface area contributed by atoms with E-state index in [9.17, 15) is 4.79 Å². The first-order valence-electron chi connectivity index (χ1n) is 6.86. The fraction of sp³-hybridized carbons (Fsp3) is 0.0625. The van der Waals surface area contributed by atoms with Gasteiger partial charge in [0, 0.05) is 12.4 Å². The molecule has 0 fully saturated rings. The minimum atomic E-state index is -0.273. The summed E-state index contributed by atoms with van der Waals surface area (Å²) in [6.45, 7) is 0.311. The number of rotatable bonds is 5. The smallest absolute Gasteiger partial charge is 0.254 e. The highest BCUT2D eigenvalue weighted by Crippen LogP contribution is 2.22. The van der Waals surface area contributed by atoms with Gasteiger partial charge in [-0.2, -0.15) is 0 Å². The van der Waals surface area contributed by atoms with Crippen LogP contribution in [0.4, 0.5) is 11.6 Å². The largest absolute Gasteiger partial charge is 0.467 e. The van der Waals surface area contributed by atoms with Crippen LogP contribution in [-0.4, -0.2) is 15.9 Å². The molecular weight excluding hydrogens is 316 g/mol. The molecule has 23 heavy (non-hydrogen) atoms.